The molecule has 1 atom stereocenters. The largest absolute Gasteiger partial charge is 0.487 e. The summed E-state index contributed by atoms with van der Waals surface area (Å²) in [5, 5.41) is 0.810. The molecule has 2 aromatic rings. The van der Waals surface area contributed by atoms with Gasteiger partial charge in [-0.2, -0.15) is 0 Å². The smallest absolute Gasteiger partial charge is 0.216 e. The Morgan fingerprint density at radius 2 is 1.92 bits per heavy atom. The van der Waals surface area contributed by atoms with Crippen LogP contribution in [0.5, 0.6) is 5.75 Å². The third kappa shape index (κ3) is 4.47. The minimum atomic E-state index is -3.60. The number of fused-ring (bicyclic) bond motifs is 1. The summed E-state index contributed by atoms with van der Waals surface area (Å²) in [4.78, 5) is 0. The second-order valence-corrected chi connectivity index (χ2v) is 9.37. The van der Waals surface area contributed by atoms with E-state index in [0.29, 0.717) is 27.8 Å². The van der Waals surface area contributed by atoms with Crippen molar-refractivity contribution in [2.75, 3.05) is 0 Å². The van der Waals surface area contributed by atoms with E-state index in [2.05, 4.69) is 4.72 Å². The molecule has 1 N–H and O–H groups in total. The summed E-state index contributed by atoms with van der Waals surface area (Å²) in [5.74, 6) is 0.499. The first-order valence-corrected chi connectivity index (χ1v) is 10.3. The molecule has 25 heavy (non-hydrogen) atoms. The van der Waals surface area contributed by atoms with Crippen molar-refractivity contribution in [2.24, 2.45) is 0 Å². The van der Waals surface area contributed by atoms with Gasteiger partial charge in [0.2, 0.25) is 10.0 Å². The normalized spacial score (nSPS) is 19.1. The summed E-state index contributed by atoms with van der Waals surface area (Å²) >= 11 is 12.0. The summed E-state index contributed by atoms with van der Waals surface area (Å²) in [5.41, 5.74) is 0.894. The summed E-state index contributed by atoms with van der Waals surface area (Å²) in [6.07, 6.45) is 0.539. The number of sulfonamides is 1. The lowest BCUT2D eigenvalue weighted by atomic mass is 9.90. The van der Waals surface area contributed by atoms with Crippen LogP contribution >= 0.6 is 23.2 Å². The molecule has 0 radical (unpaired) electrons. The molecule has 1 aliphatic heterocycles. The number of hydrogen-bond donors (Lipinski definition) is 1. The first kappa shape index (κ1) is 18.5. The van der Waals surface area contributed by atoms with E-state index in [1.54, 1.807) is 18.2 Å². The Morgan fingerprint density at radius 3 is 2.64 bits per heavy atom. The van der Waals surface area contributed by atoms with E-state index in [0.717, 1.165) is 5.56 Å². The van der Waals surface area contributed by atoms with Crippen LogP contribution in [0.3, 0.4) is 0 Å². The van der Waals surface area contributed by atoms with Crippen molar-refractivity contribution in [3.05, 3.63) is 63.6 Å². The lowest BCUT2D eigenvalue weighted by Crippen LogP contribution is -2.41. The molecule has 0 aliphatic carbocycles. The number of para-hydroxylation sites is 1. The second-order valence-electron chi connectivity index (χ2n) is 6.77. The van der Waals surface area contributed by atoms with Crippen LogP contribution in [0.25, 0.3) is 0 Å². The maximum absolute atomic E-state index is 12.7. The van der Waals surface area contributed by atoms with Crippen LogP contribution in [0.4, 0.5) is 0 Å². The van der Waals surface area contributed by atoms with E-state index >= 15 is 0 Å². The van der Waals surface area contributed by atoms with Crippen molar-refractivity contribution in [1.82, 2.24) is 4.72 Å². The molecule has 1 aliphatic rings. The molecule has 0 amide bonds. The molecule has 0 fully saturated rings. The number of ether oxygens (including phenoxy) is 1. The molecule has 1 heterocycles. The van der Waals surface area contributed by atoms with Gasteiger partial charge >= 0.3 is 0 Å². The molecule has 0 saturated carbocycles. The van der Waals surface area contributed by atoms with Crippen LogP contribution in [0.15, 0.2) is 42.5 Å². The van der Waals surface area contributed by atoms with E-state index in [1.165, 1.54) is 0 Å². The number of benzene rings is 2. The number of halogens is 2. The Morgan fingerprint density at radius 1 is 1.20 bits per heavy atom. The highest BCUT2D eigenvalue weighted by atomic mass is 35.5. The first-order chi connectivity index (χ1) is 11.7. The zero-order valence-corrected chi connectivity index (χ0v) is 16.3. The third-order valence-electron chi connectivity index (χ3n) is 4.06. The molecular weight excluding hydrogens is 381 g/mol. The standard InChI is InChI=1S/C18H19Cl2NO3S/c1-18(2)10-16(14-5-3-4-6-17(14)24-18)21-25(22,23)11-12-7-8-13(19)9-15(12)20/h3-9,16,21H,10-11H2,1-2H3/t16-/m0/s1. The fraction of sp³-hybridized carbons (Fsp3) is 0.333. The van der Waals surface area contributed by atoms with Crippen molar-refractivity contribution in [2.45, 2.75) is 37.7 Å². The molecule has 0 aromatic heterocycles. The average Bonchev–Trinajstić information content (AvgIpc) is 2.48. The van der Waals surface area contributed by atoms with Gasteiger partial charge in [-0.15, -0.1) is 0 Å². The fourth-order valence-electron chi connectivity index (χ4n) is 3.01. The maximum Gasteiger partial charge on any atom is 0.216 e. The zero-order valence-electron chi connectivity index (χ0n) is 13.9. The van der Waals surface area contributed by atoms with Crippen LogP contribution in [0, 0.1) is 0 Å². The van der Waals surface area contributed by atoms with Crippen molar-refractivity contribution < 1.29 is 13.2 Å². The van der Waals surface area contributed by atoms with E-state index in [4.69, 9.17) is 27.9 Å². The van der Waals surface area contributed by atoms with Gasteiger partial charge in [0.05, 0.1) is 11.8 Å². The van der Waals surface area contributed by atoms with Gasteiger partial charge in [-0.1, -0.05) is 47.5 Å². The summed E-state index contributed by atoms with van der Waals surface area (Å²) in [7, 11) is -3.60. The zero-order chi connectivity index (χ0) is 18.2. The van der Waals surface area contributed by atoms with Gasteiger partial charge in [0.15, 0.2) is 0 Å². The van der Waals surface area contributed by atoms with Crippen LogP contribution in [-0.4, -0.2) is 14.0 Å². The first-order valence-electron chi connectivity index (χ1n) is 7.87. The van der Waals surface area contributed by atoms with Crippen LogP contribution < -0.4 is 9.46 Å². The highest BCUT2D eigenvalue weighted by Gasteiger charge is 2.35. The minimum absolute atomic E-state index is 0.205. The summed E-state index contributed by atoms with van der Waals surface area (Å²) in [6.45, 7) is 3.89. The molecule has 7 heteroatoms. The van der Waals surface area contributed by atoms with E-state index in [9.17, 15) is 8.42 Å². The highest BCUT2D eigenvalue weighted by molar-refractivity contribution is 7.88. The van der Waals surface area contributed by atoms with Gasteiger partial charge in [-0.25, -0.2) is 13.1 Å². The maximum atomic E-state index is 12.7. The number of nitrogens with one attached hydrogen (secondary N) is 1. The molecule has 134 valence electrons. The van der Waals surface area contributed by atoms with Crippen molar-refractivity contribution in [1.29, 1.82) is 0 Å². The van der Waals surface area contributed by atoms with Crippen molar-refractivity contribution in [3.8, 4) is 5.75 Å². The topological polar surface area (TPSA) is 55.4 Å². The molecule has 0 spiro atoms. The Kier molecular flexibility index (Phi) is 5.04. The van der Waals surface area contributed by atoms with Gasteiger partial charge in [0.1, 0.15) is 11.4 Å². The van der Waals surface area contributed by atoms with Crippen molar-refractivity contribution >= 4 is 33.2 Å². The van der Waals surface area contributed by atoms with Crippen molar-refractivity contribution in [3.63, 3.8) is 0 Å². The number of rotatable bonds is 4. The molecule has 0 unspecified atom stereocenters. The molecule has 3 rings (SSSR count). The Balaban J connectivity index is 1.85. The molecule has 0 saturated heterocycles. The third-order valence-corrected chi connectivity index (χ3v) is 5.98. The van der Waals surface area contributed by atoms with E-state index in [1.807, 2.05) is 38.1 Å². The van der Waals surface area contributed by atoms with E-state index in [-0.39, 0.29) is 11.8 Å². The van der Waals surface area contributed by atoms with Gasteiger partial charge in [0, 0.05) is 22.0 Å². The second kappa shape index (κ2) is 6.80. The van der Waals surface area contributed by atoms with Gasteiger partial charge in [-0.3, -0.25) is 0 Å². The lowest BCUT2D eigenvalue weighted by Gasteiger charge is -2.37. The van der Waals surface area contributed by atoms with Gasteiger partial charge in [0.25, 0.3) is 0 Å². The fourth-order valence-corrected chi connectivity index (χ4v) is 4.95. The van der Waals surface area contributed by atoms with Gasteiger partial charge in [-0.05, 0) is 37.6 Å². The Bertz CT molecular complexity index is 897. The SMILES string of the molecule is CC1(C)C[C@H](NS(=O)(=O)Cc2ccc(Cl)cc2Cl)c2ccccc2O1. The molecular formula is C18H19Cl2NO3S. The van der Waals surface area contributed by atoms with Crippen LogP contribution in [0.1, 0.15) is 37.4 Å². The Labute approximate surface area is 158 Å². The Hall–Kier alpha value is -1.27. The van der Waals surface area contributed by atoms with Crippen LogP contribution in [0.2, 0.25) is 10.0 Å². The number of hydrogen-bond acceptors (Lipinski definition) is 3. The van der Waals surface area contributed by atoms with Crippen LogP contribution in [-0.2, 0) is 15.8 Å². The predicted octanol–water partition coefficient (Wildman–Crippen LogP) is 4.72. The molecule has 2 aromatic carbocycles. The molecule has 4 nitrogen and oxygen atoms in total. The predicted molar refractivity (Wildman–Crippen MR) is 101 cm³/mol. The summed E-state index contributed by atoms with van der Waals surface area (Å²) < 4.78 is 34.1. The monoisotopic (exact) mass is 399 g/mol. The average molecular weight is 400 g/mol. The van der Waals surface area contributed by atoms with E-state index < -0.39 is 15.6 Å². The van der Waals surface area contributed by atoms with Gasteiger partial charge < -0.3 is 4.74 Å². The quantitative estimate of drug-likeness (QED) is 0.809. The molecule has 0 bridgehead atoms. The lowest BCUT2D eigenvalue weighted by molar-refractivity contribution is 0.0702. The minimum Gasteiger partial charge on any atom is -0.487 e. The summed E-state index contributed by atoms with van der Waals surface area (Å²) in [6, 6.07) is 11.9. The highest BCUT2D eigenvalue weighted by Crippen LogP contribution is 2.39.